The summed E-state index contributed by atoms with van der Waals surface area (Å²) in [5, 5.41) is 9.19. The SMILES string of the molecule is O=C(O)C1(c2cnc(CCc3ccccc3)o2)CC1. The van der Waals surface area contributed by atoms with Crippen molar-refractivity contribution in [3.05, 3.63) is 53.7 Å². The summed E-state index contributed by atoms with van der Waals surface area (Å²) in [5.74, 6) is 0.313. The number of hydrogen-bond donors (Lipinski definition) is 1. The fourth-order valence-electron chi connectivity index (χ4n) is 2.23. The third-order valence-electron chi connectivity index (χ3n) is 3.65. The largest absolute Gasteiger partial charge is 0.480 e. The maximum atomic E-state index is 11.2. The zero-order valence-electron chi connectivity index (χ0n) is 10.5. The van der Waals surface area contributed by atoms with Gasteiger partial charge in [0.1, 0.15) is 11.2 Å². The highest BCUT2D eigenvalue weighted by atomic mass is 16.4. The van der Waals surface area contributed by atoms with Crippen LogP contribution in [0.3, 0.4) is 0 Å². The van der Waals surface area contributed by atoms with Crippen molar-refractivity contribution >= 4 is 5.97 Å². The molecule has 0 saturated heterocycles. The molecule has 1 saturated carbocycles. The lowest BCUT2D eigenvalue weighted by atomic mass is 10.1. The predicted octanol–water partition coefficient (Wildman–Crippen LogP) is 2.58. The van der Waals surface area contributed by atoms with Gasteiger partial charge in [-0.2, -0.15) is 0 Å². The minimum absolute atomic E-state index is 0.503. The second-order valence-corrected chi connectivity index (χ2v) is 4.99. The molecule has 0 spiro atoms. The van der Waals surface area contributed by atoms with Gasteiger partial charge >= 0.3 is 5.97 Å². The highest BCUT2D eigenvalue weighted by molar-refractivity contribution is 5.83. The molecule has 19 heavy (non-hydrogen) atoms. The molecule has 3 rings (SSSR count). The van der Waals surface area contributed by atoms with Crippen LogP contribution in [-0.4, -0.2) is 16.1 Å². The Kier molecular flexibility index (Phi) is 2.85. The summed E-state index contributed by atoms with van der Waals surface area (Å²) in [7, 11) is 0. The van der Waals surface area contributed by atoms with Crippen LogP contribution in [-0.2, 0) is 23.1 Å². The maximum Gasteiger partial charge on any atom is 0.317 e. The Morgan fingerprint density at radius 1 is 1.26 bits per heavy atom. The van der Waals surface area contributed by atoms with Gasteiger partial charge in [-0.25, -0.2) is 4.98 Å². The summed E-state index contributed by atoms with van der Waals surface area (Å²) in [6.45, 7) is 0. The van der Waals surface area contributed by atoms with Crippen molar-refractivity contribution in [1.82, 2.24) is 4.98 Å². The molecular formula is C15H15NO3. The smallest absolute Gasteiger partial charge is 0.317 e. The van der Waals surface area contributed by atoms with Crippen molar-refractivity contribution in [3.8, 4) is 0 Å². The Bertz CT molecular complexity index is 584. The van der Waals surface area contributed by atoms with E-state index in [1.165, 1.54) is 5.56 Å². The van der Waals surface area contributed by atoms with Gasteiger partial charge in [0.05, 0.1) is 6.20 Å². The minimum Gasteiger partial charge on any atom is -0.480 e. The summed E-state index contributed by atoms with van der Waals surface area (Å²) in [6.07, 6.45) is 4.41. The maximum absolute atomic E-state index is 11.2. The number of aromatic nitrogens is 1. The summed E-state index contributed by atoms with van der Waals surface area (Å²) in [5.41, 5.74) is 0.430. The van der Waals surface area contributed by atoms with Crippen molar-refractivity contribution in [1.29, 1.82) is 0 Å². The van der Waals surface area contributed by atoms with E-state index < -0.39 is 11.4 Å². The van der Waals surface area contributed by atoms with Crippen LogP contribution in [0.25, 0.3) is 0 Å². The number of carboxylic acids is 1. The van der Waals surface area contributed by atoms with E-state index in [4.69, 9.17) is 4.42 Å². The van der Waals surface area contributed by atoms with Gasteiger partial charge in [0, 0.05) is 6.42 Å². The zero-order chi connectivity index (χ0) is 13.3. The molecule has 1 heterocycles. The quantitative estimate of drug-likeness (QED) is 0.894. The van der Waals surface area contributed by atoms with E-state index in [1.807, 2.05) is 18.2 Å². The average Bonchev–Trinajstić information content (AvgIpc) is 3.11. The molecule has 1 fully saturated rings. The van der Waals surface area contributed by atoms with Crippen LogP contribution in [0, 0.1) is 0 Å². The van der Waals surface area contributed by atoms with Gasteiger partial charge in [-0.1, -0.05) is 30.3 Å². The molecule has 2 aromatic rings. The first-order valence-electron chi connectivity index (χ1n) is 6.43. The first-order valence-corrected chi connectivity index (χ1v) is 6.43. The lowest BCUT2D eigenvalue weighted by molar-refractivity contribution is -0.140. The molecule has 0 bridgehead atoms. The van der Waals surface area contributed by atoms with E-state index in [1.54, 1.807) is 6.20 Å². The standard InChI is InChI=1S/C15H15NO3/c17-14(18)15(8-9-15)12-10-16-13(19-12)7-6-11-4-2-1-3-5-11/h1-5,10H,6-9H2,(H,17,18). The van der Waals surface area contributed by atoms with Crippen LogP contribution in [0.15, 0.2) is 40.9 Å². The number of carbonyl (C=O) groups is 1. The number of rotatable bonds is 5. The second-order valence-electron chi connectivity index (χ2n) is 4.99. The molecule has 1 aliphatic carbocycles. The van der Waals surface area contributed by atoms with Crippen LogP contribution < -0.4 is 0 Å². The van der Waals surface area contributed by atoms with Crippen LogP contribution >= 0.6 is 0 Å². The van der Waals surface area contributed by atoms with E-state index in [0.717, 1.165) is 6.42 Å². The third kappa shape index (κ3) is 2.26. The van der Waals surface area contributed by atoms with E-state index in [-0.39, 0.29) is 0 Å². The molecule has 98 valence electrons. The fourth-order valence-corrected chi connectivity index (χ4v) is 2.23. The average molecular weight is 257 g/mol. The van der Waals surface area contributed by atoms with Gasteiger partial charge in [-0.3, -0.25) is 4.79 Å². The minimum atomic E-state index is -0.807. The fraction of sp³-hybridized carbons (Fsp3) is 0.333. The van der Waals surface area contributed by atoms with Crippen molar-refractivity contribution in [2.75, 3.05) is 0 Å². The van der Waals surface area contributed by atoms with E-state index in [0.29, 0.717) is 30.9 Å². The van der Waals surface area contributed by atoms with Crippen molar-refractivity contribution < 1.29 is 14.3 Å². The van der Waals surface area contributed by atoms with Gasteiger partial charge in [0.2, 0.25) is 0 Å². The molecule has 0 radical (unpaired) electrons. The van der Waals surface area contributed by atoms with Gasteiger partial charge in [-0.15, -0.1) is 0 Å². The van der Waals surface area contributed by atoms with Gasteiger partial charge < -0.3 is 9.52 Å². The van der Waals surface area contributed by atoms with E-state index in [9.17, 15) is 9.90 Å². The molecule has 0 amide bonds. The number of nitrogens with zero attached hydrogens (tertiary/aromatic N) is 1. The normalized spacial score (nSPS) is 16.2. The zero-order valence-corrected chi connectivity index (χ0v) is 10.5. The van der Waals surface area contributed by atoms with E-state index >= 15 is 0 Å². The second kappa shape index (κ2) is 4.53. The molecule has 1 N–H and O–H groups in total. The van der Waals surface area contributed by atoms with Crippen LogP contribution in [0.5, 0.6) is 0 Å². The van der Waals surface area contributed by atoms with Crippen LogP contribution in [0.2, 0.25) is 0 Å². The molecular weight excluding hydrogens is 242 g/mol. The topological polar surface area (TPSA) is 63.3 Å². The number of carboxylic acid groups (broad SMARTS) is 1. The summed E-state index contributed by atoms with van der Waals surface area (Å²) < 4.78 is 5.60. The number of benzene rings is 1. The summed E-state index contributed by atoms with van der Waals surface area (Å²) >= 11 is 0. The van der Waals surface area contributed by atoms with Crippen LogP contribution in [0.1, 0.15) is 30.1 Å². The molecule has 4 nitrogen and oxygen atoms in total. The van der Waals surface area contributed by atoms with Gasteiger partial charge in [-0.05, 0) is 24.8 Å². The third-order valence-corrected chi connectivity index (χ3v) is 3.65. The summed E-state index contributed by atoms with van der Waals surface area (Å²) in [6, 6.07) is 10.1. The lowest BCUT2D eigenvalue weighted by Crippen LogP contribution is -2.18. The number of aryl methyl sites for hydroxylation is 2. The van der Waals surface area contributed by atoms with Crippen molar-refractivity contribution in [2.45, 2.75) is 31.1 Å². The number of oxazole rings is 1. The van der Waals surface area contributed by atoms with E-state index in [2.05, 4.69) is 17.1 Å². The highest BCUT2D eigenvalue weighted by Crippen LogP contribution is 2.48. The molecule has 0 atom stereocenters. The molecule has 1 aliphatic rings. The van der Waals surface area contributed by atoms with Gasteiger partial charge in [0.15, 0.2) is 5.89 Å². The Hall–Kier alpha value is -2.10. The Morgan fingerprint density at radius 2 is 2.00 bits per heavy atom. The number of hydrogen-bond acceptors (Lipinski definition) is 3. The predicted molar refractivity (Wildman–Crippen MR) is 68.9 cm³/mol. The molecule has 1 aromatic heterocycles. The first-order chi connectivity index (χ1) is 9.21. The molecule has 1 aromatic carbocycles. The Morgan fingerprint density at radius 3 is 2.63 bits per heavy atom. The Balaban J connectivity index is 1.68. The van der Waals surface area contributed by atoms with Crippen LogP contribution in [0.4, 0.5) is 0 Å². The lowest BCUT2D eigenvalue weighted by Gasteiger charge is -2.03. The number of aliphatic carboxylic acids is 1. The first kappa shape index (κ1) is 12.0. The molecule has 4 heteroatoms. The molecule has 0 aliphatic heterocycles. The highest BCUT2D eigenvalue weighted by Gasteiger charge is 2.54. The van der Waals surface area contributed by atoms with Crippen molar-refractivity contribution in [2.24, 2.45) is 0 Å². The Labute approximate surface area is 111 Å². The van der Waals surface area contributed by atoms with Gasteiger partial charge in [0.25, 0.3) is 0 Å². The van der Waals surface area contributed by atoms with Crippen molar-refractivity contribution in [3.63, 3.8) is 0 Å². The summed E-state index contributed by atoms with van der Waals surface area (Å²) in [4.78, 5) is 15.4. The molecule has 0 unspecified atom stereocenters. The monoisotopic (exact) mass is 257 g/mol.